The summed E-state index contributed by atoms with van der Waals surface area (Å²) in [5.74, 6) is -1.79. The van der Waals surface area contributed by atoms with E-state index >= 15 is 0 Å². The van der Waals surface area contributed by atoms with Crippen LogP contribution >= 0.6 is 11.8 Å². The third-order valence-corrected chi connectivity index (χ3v) is 10.00. The lowest BCUT2D eigenvalue weighted by molar-refractivity contribution is -0.149. The lowest BCUT2D eigenvalue weighted by Crippen LogP contribution is -2.58. The lowest BCUT2D eigenvalue weighted by Gasteiger charge is -2.42. The van der Waals surface area contributed by atoms with Crippen LogP contribution in [0.1, 0.15) is 39.3 Å². The second-order valence-electron chi connectivity index (χ2n) is 11.5. The minimum Gasteiger partial charge on any atom is -0.394 e. The number of nitrogens with zero attached hydrogens (tertiary/aromatic N) is 3. The number of likely N-dealkylation sites (N-methyl/N-ethyl adjacent to an activating group) is 1. The van der Waals surface area contributed by atoms with Crippen molar-refractivity contribution in [2.45, 2.75) is 54.8 Å². The Morgan fingerprint density at radius 3 is 2.31 bits per heavy atom. The van der Waals surface area contributed by atoms with Crippen molar-refractivity contribution in [2.24, 2.45) is 11.8 Å². The molecule has 0 saturated carbocycles. The molecule has 0 aliphatic carbocycles. The van der Waals surface area contributed by atoms with E-state index in [0.29, 0.717) is 13.1 Å². The number of fused-ring (bicyclic) bond motifs is 2. The molecular weight excluding hydrogens is 474 g/mol. The smallest absolute Gasteiger partial charge is 0.247 e. The highest BCUT2D eigenvalue weighted by atomic mass is 32.2. The van der Waals surface area contributed by atoms with Crippen LogP contribution in [0.25, 0.3) is 0 Å². The summed E-state index contributed by atoms with van der Waals surface area (Å²) in [6, 6.07) is 7.83. The molecule has 4 aliphatic heterocycles. The van der Waals surface area contributed by atoms with Crippen LogP contribution in [-0.4, -0.2) is 85.3 Å². The first-order valence-electron chi connectivity index (χ1n) is 12.6. The minimum atomic E-state index is -0.923. The summed E-state index contributed by atoms with van der Waals surface area (Å²) in [6.45, 7) is 8.59. The van der Waals surface area contributed by atoms with Crippen LogP contribution in [0.2, 0.25) is 0 Å². The molecule has 1 N–H and O–H groups in total. The van der Waals surface area contributed by atoms with E-state index in [9.17, 15) is 19.5 Å². The third-order valence-electron chi connectivity index (χ3n) is 8.20. The van der Waals surface area contributed by atoms with E-state index in [0.717, 1.165) is 5.56 Å². The van der Waals surface area contributed by atoms with Gasteiger partial charge < -0.3 is 19.8 Å². The fraction of sp³-hybridized carbons (Fsp3) is 0.536. The van der Waals surface area contributed by atoms with Crippen LogP contribution in [0.15, 0.2) is 54.6 Å². The second kappa shape index (κ2) is 8.48. The fourth-order valence-corrected chi connectivity index (χ4v) is 8.70. The number of thioether (sulfide) groups is 1. The molecule has 2 saturated heterocycles. The molecule has 3 amide bonds. The Labute approximate surface area is 217 Å². The van der Waals surface area contributed by atoms with Gasteiger partial charge in [-0.3, -0.25) is 14.4 Å². The Hall–Kier alpha value is -2.58. The zero-order valence-corrected chi connectivity index (χ0v) is 22.4. The Kier molecular flexibility index (Phi) is 5.91. The predicted molar refractivity (Wildman–Crippen MR) is 140 cm³/mol. The number of amides is 3. The van der Waals surface area contributed by atoms with Crippen molar-refractivity contribution in [3.8, 4) is 0 Å². The average molecular weight is 510 g/mol. The zero-order valence-electron chi connectivity index (χ0n) is 21.5. The van der Waals surface area contributed by atoms with Crippen molar-refractivity contribution in [3.05, 3.63) is 60.2 Å². The van der Waals surface area contributed by atoms with Crippen molar-refractivity contribution in [3.63, 3.8) is 0 Å². The molecule has 0 bridgehead atoms. The number of carbonyl (C=O) groups is 3. The minimum absolute atomic E-state index is 0.0798. The first-order chi connectivity index (χ1) is 17.0. The van der Waals surface area contributed by atoms with E-state index in [1.54, 1.807) is 28.6 Å². The van der Waals surface area contributed by atoms with Gasteiger partial charge in [-0.05, 0) is 33.3 Å². The quantitative estimate of drug-likeness (QED) is 0.634. The number of benzene rings is 1. The van der Waals surface area contributed by atoms with Crippen LogP contribution < -0.4 is 0 Å². The van der Waals surface area contributed by atoms with Crippen LogP contribution in [-0.2, 0) is 14.4 Å². The van der Waals surface area contributed by atoms with Gasteiger partial charge >= 0.3 is 0 Å². The molecule has 0 radical (unpaired) electrons. The van der Waals surface area contributed by atoms with Gasteiger partial charge in [-0.1, -0.05) is 54.6 Å². The predicted octanol–water partition coefficient (Wildman–Crippen LogP) is 2.63. The molecule has 4 heterocycles. The standard InChI is InChI=1S/C28H35N3O4S/c1-26(2,3)30-16-10-14-28-21(20-23(33)29(5)15-9-13-27(20,4)36-28)24(34)31(22(28)25(30)35)19(17-32)18-11-7-6-8-12-18/h6-14,19-22,32H,15-17H2,1-5H3/t19-,20+,21+,22?,27-,28+/m1/s1. The molecule has 8 heteroatoms. The molecule has 1 aromatic carbocycles. The highest BCUT2D eigenvalue weighted by molar-refractivity contribution is 8.02. The Balaban J connectivity index is 1.73. The van der Waals surface area contributed by atoms with Gasteiger partial charge in [0, 0.05) is 30.4 Å². The van der Waals surface area contributed by atoms with Crippen LogP contribution in [0.3, 0.4) is 0 Å². The fourth-order valence-electron chi connectivity index (χ4n) is 6.55. The molecule has 36 heavy (non-hydrogen) atoms. The van der Waals surface area contributed by atoms with E-state index < -0.39 is 39.0 Å². The molecular formula is C28H35N3O4S. The van der Waals surface area contributed by atoms with Gasteiger partial charge in [0.1, 0.15) is 6.04 Å². The molecule has 1 aromatic rings. The van der Waals surface area contributed by atoms with E-state index in [2.05, 4.69) is 6.08 Å². The molecule has 6 atom stereocenters. The van der Waals surface area contributed by atoms with Crippen LogP contribution in [0.4, 0.5) is 0 Å². The first-order valence-corrected chi connectivity index (χ1v) is 13.4. The summed E-state index contributed by atoms with van der Waals surface area (Å²) in [7, 11) is 1.76. The zero-order chi connectivity index (χ0) is 26.0. The monoisotopic (exact) mass is 509 g/mol. The van der Waals surface area contributed by atoms with Gasteiger partial charge in [-0.2, -0.15) is 0 Å². The highest BCUT2D eigenvalue weighted by Gasteiger charge is 2.74. The number of likely N-dealkylation sites (tertiary alicyclic amines) is 1. The number of carbonyl (C=O) groups excluding carboxylic acids is 3. The summed E-state index contributed by atoms with van der Waals surface area (Å²) in [6.07, 6.45) is 8.05. The topological polar surface area (TPSA) is 81.2 Å². The maximum atomic E-state index is 14.5. The van der Waals surface area contributed by atoms with E-state index in [-0.39, 0.29) is 24.3 Å². The van der Waals surface area contributed by atoms with Gasteiger partial charge in [-0.25, -0.2) is 0 Å². The SMILES string of the molecule is CN1CC=C[C@@]2(C)S[C@]34C=CCN(C(C)(C)C)C(=O)C3N([C@H](CO)c3ccccc3)C(=O)[C@@H]4[C@H]2C1=O. The Morgan fingerprint density at radius 2 is 1.67 bits per heavy atom. The normalized spacial score (nSPS) is 34.9. The number of rotatable bonds is 3. The van der Waals surface area contributed by atoms with E-state index in [4.69, 9.17) is 0 Å². The Morgan fingerprint density at radius 1 is 1.00 bits per heavy atom. The third kappa shape index (κ3) is 3.48. The van der Waals surface area contributed by atoms with Crippen LogP contribution in [0, 0.1) is 11.8 Å². The van der Waals surface area contributed by atoms with Crippen molar-refractivity contribution < 1.29 is 19.5 Å². The van der Waals surface area contributed by atoms with Gasteiger partial charge in [0.15, 0.2) is 0 Å². The maximum absolute atomic E-state index is 14.5. The van der Waals surface area contributed by atoms with Gasteiger partial charge in [0.25, 0.3) is 0 Å². The molecule has 192 valence electrons. The average Bonchev–Trinajstić information content (AvgIpc) is 3.09. The number of hydrogen-bond acceptors (Lipinski definition) is 5. The maximum Gasteiger partial charge on any atom is 0.247 e. The van der Waals surface area contributed by atoms with E-state index in [1.165, 1.54) is 0 Å². The van der Waals surface area contributed by atoms with Gasteiger partial charge in [0.05, 0.1) is 29.2 Å². The number of hydrogen-bond donors (Lipinski definition) is 1. The van der Waals surface area contributed by atoms with Gasteiger partial charge in [-0.15, -0.1) is 11.8 Å². The molecule has 2 fully saturated rings. The summed E-state index contributed by atoms with van der Waals surface area (Å²) < 4.78 is -1.55. The van der Waals surface area contributed by atoms with Crippen LogP contribution in [0.5, 0.6) is 0 Å². The molecule has 1 unspecified atom stereocenters. The molecule has 7 nitrogen and oxygen atoms in total. The van der Waals surface area contributed by atoms with E-state index in [1.807, 2.05) is 81.2 Å². The Bertz CT molecular complexity index is 1150. The molecule has 1 spiro atoms. The second-order valence-corrected chi connectivity index (χ2v) is 13.3. The number of aliphatic hydroxyl groups excluding tert-OH is 1. The molecule has 4 aliphatic rings. The molecule has 5 rings (SSSR count). The lowest BCUT2D eigenvalue weighted by atomic mass is 9.74. The highest BCUT2D eigenvalue weighted by Crippen LogP contribution is 2.66. The first kappa shape index (κ1) is 25.1. The largest absolute Gasteiger partial charge is 0.394 e. The summed E-state index contributed by atoms with van der Waals surface area (Å²) in [5.41, 5.74) is 0.304. The van der Waals surface area contributed by atoms with Crippen molar-refractivity contribution in [2.75, 3.05) is 26.7 Å². The van der Waals surface area contributed by atoms with Crippen molar-refractivity contribution in [1.82, 2.24) is 14.7 Å². The van der Waals surface area contributed by atoms with Crippen molar-refractivity contribution in [1.29, 1.82) is 0 Å². The van der Waals surface area contributed by atoms with Gasteiger partial charge in [0.2, 0.25) is 17.7 Å². The summed E-state index contributed by atoms with van der Waals surface area (Å²) >= 11 is 1.57. The molecule has 0 aromatic heterocycles. The van der Waals surface area contributed by atoms with Crippen molar-refractivity contribution >= 4 is 29.5 Å². The summed E-state index contributed by atoms with van der Waals surface area (Å²) in [4.78, 5) is 47.7. The number of aliphatic hydroxyl groups is 1. The summed E-state index contributed by atoms with van der Waals surface area (Å²) in [5, 5.41) is 10.6.